The van der Waals surface area contributed by atoms with Gasteiger partial charge in [-0.3, -0.25) is 4.79 Å². The van der Waals surface area contributed by atoms with Crippen LogP contribution in [0.2, 0.25) is 0 Å². The first-order valence-corrected chi connectivity index (χ1v) is 11.5. The van der Waals surface area contributed by atoms with Gasteiger partial charge >= 0.3 is 6.03 Å². The van der Waals surface area contributed by atoms with E-state index in [1.165, 1.54) is 28.0 Å². The molecule has 2 aliphatic rings. The highest BCUT2D eigenvalue weighted by atomic mass is 32.2. The Morgan fingerprint density at radius 1 is 1.03 bits per heavy atom. The molecule has 4 rings (SSSR count). The van der Waals surface area contributed by atoms with Crippen molar-refractivity contribution >= 4 is 21.7 Å². The number of pyridine rings is 1. The lowest BCUT2D eigenvalue weighted by molar-refractivity contribution is 0.256. The van der Waals surface area contributed by atoms with Gasteiger partial charge in [-0.15, -0.1) is 0 Å². The van der Waals surface area contributed by atoms with E-state index in [9.17, 15) is 18.0 Å². The van der Waals surface area contributed by atoms with Gasteiger partial charge in [0.25, 0.3) is 15.6 Å². The highest BCUT2D eigenvalue weighted by Gasteiger charge is 2.26. The number of nitrogens with zero attached hydrogens (tertiary/aromatic N) is 1. The molecule has 0 atom stereocenters. The van der Waals surface area contributed by atoms with E-state index in [0.717, 1.165) is 61.4 Å². The first kappa shape index (κ1) is 19.7. The summed E-state index contributed by atoms with van der Waals surface area (Å²) in [6.07, 6.45) is 7.26. The predicted molar refractivity (Wildman–Crippen MR) is 111 cm³/mol. The Hall–Kier alpha value is -2.61. The molecule has 0 unspecified atom stereocenters. The largest absolute Gasteiger partial charge is 0.333 e. The number of benzene rings is 1. The van der Waals surface area contributed by atoms with Crippen LogP contribution in [0.1, 0.15) is 55.0 Å². The third-order valence-corrected chi connectivity index (χ3v) is 7.05. The van der Waals surface area contributed by atoms with Crippen LogP contribution >= 0.6 is 0 Å². The van der Waals surface area contributed by atoms with Crippen LogP contribution in [0.4, 0.5) is 10.5 Å². The molecule has 8 heteroatoms. The average Bonchev–Trinajstić information content (AvgIpc) is 3.29. The number of hydrogen-bond donors (Lipinski definition) is 2. The monoisotopic (exact) mass is 415 g/mol. The summed E-state index contributed by atoms with van der Waals surface area (Å²) in [4.78, 5) is 24.5. The minimum atomic E-state index is -4.15. The van der Waals surface area contributed by atoms with Crippen molar-refractivity contribution in [3.8, 4) is 0 Å². The molecule has 2 aromatic rings. The van der Waals surface area contributed by atoms with Gasteiger partial charge in [0.15, 0.2) is 0 Å². The van der Waals surface area contributed by atoms with Crippen molar-refractivity contribution < 1.29 is 13.2 Å². The first-order valence-electron chi connectivity index (χ1n) is 9.99. The van der Waals surface area contributed by atoms with Crippen LogP contribution in [0.5, 0.6) is 0 Å². The molecule has 2 amide bonds. The van der Waals surface area contributed by atoms with Gasteiger partial charge in [0, 0.05) is 24.0 Å². The zero-order chi connectivity index (χ0) is 20.8. The van der Waals surface area contributed by atoms with Crippen molar-refractivity contribution in [2.75, 3.05) is 5.32 Å². The lowest BCUT2D eigenvalue weighted by Gasteiger charge is -2.17. The van der Waals surface area contributed by atoms with Crippen molar-refractivity contribution in [1.29, 1.82) is 0 Å². The molecule has 0 fully saturated rings. The number of fused-ring (bicyclic) bond motifs is 2. The molecule has 0 radical (unpaired) electrons. The third-order valence-electron chi connectivity index (χ3n) is 5.72. The molecule has 154 valence electrons. The lowest BCUT2D eigenvalue weighted by Crippen LogP contribution is -2.35. The number of hydrogen-bond acceptors (Lipinski definition) is 4. The fourth-order valence-corrected chi connectivity index (χ4v) is 5.26. The van der Waals surface area contributed by atoms with E-state index >= 15 is 0 Å². The number of amides is 2. The molecule has 1 aromatic heterocycles. The summed E-state index contributed by atoms with van der Waals surface area (Å²) in [5.74, 6) is 0. The Bertz CT molecular complexity index is 1120. The third kappa shape index (κ3) is 3.69. The Kier molecular flexibility index (Phi) is 4.98. The number of rotatable bonds is 4. The van der Waals surface area contributed by atoms with Crippen molar-refractivity contribution in [2.24, 2.45) is 0 Å². The minimum absolute atomic E-state index is 0.0854. The van der Waals surface area contributed by atoms with E-state index in [4.69, 9.17) is 0 Å². The summed E-state index contributed by atoms with van der Waals surface area (Å²) >= 11 is 0. The molecule has 1 heterocycles. The first-order chi connectivity index (χ1) is 13.8. The molecule has 29 heavy (non-hydrogen) atoms. The van der Waals surface area contributed by atoms with Gasteiger partial charge in [-0.05, 0) is 80.7 Å². The van der Waals surface area contributed by atoms with Crippen LogP contribution in [-0.4, -0.2) is 19.0 Å². The standard InChI is InChI=1S/C21H25N3O4S/c1-13(2)24-10-9-16(12-19(24)25)29(27,28)23-21(26)22-20-17-7-3-5-14(17)11-15-6-4-8-18(15)20/h9-13H,3-8H2,1-2H3,(H2,22,23,26). The van der Waals surface area contributed by atoms with E-state index in [1.54, 1.807) is 0 Å². The molecule has 2 aliphatic carbocycles. The maximum atomic E-state index is 12.6. The van der Waals surface area contributed by atoms with E-state index in [1.807, 2.05) is 13.8 Å². The Morgan fingerprint density at radius 2 is 1.66 bits per heavy atom. The Morgan fingerprint density at radius 3 is 2.21 bits per heavy atom. The van der Waals surface area contributed by atoms with E-state index in [0.29, 0.717) is 0 Å². The number of aromatic nitrogens is 1. The summed E-state index contributed by atoms with van der Waals surface area (Å²) in [6.45, 7) is 3.66. The molecule has 0 bridgehead atoms. The zero-order valence-electron chi connectivity index (χ0n) is 16.6. The second-order valence-electron chi connectivity index (χ2n) is 8.00. The maximum Gasteiger partial charge on any atom is 0.333 e. The van der Waals surface area contributed by atoms with Crippen LogP contribution in [0.3, 0.4) is 0 Å². The topological polar surface area (TPSA) is 97.3 Å². The number of carbonyl (C=O) groups is 1. The maximum absolute atomic E-state index is 12.6. The van der Waals surface area contributed by atoms with Crippen molar-refractivity contribution in [3.05, 3.63) is 57.0 Å². The molecule has 1 aromatic carbocycles. The smallest absolute Gasteiger partial charge is 0.313 e. The van der Waals surface area contributed by atoms with Gasteiger partial charge in [-0.1, -0.05) is 6.07 Å². The normalized spacial score (nSPS) is 15.3. The summed E-state index contributed by atoms with van der Waals surface area (Å²) in [5, 5.41) is 2.80. The van der Waals surface area contributed by atoms with Crippen molar-refractivity contribution in [3.63, 3.8) is 0 Å². The zero-order valence-corrected chi connectivity index (χ0v) is 17.4. The van der Waals surface area contributed by atoms with Gasteiger partial charge in [-0.2, -0.15) is 0 Å². The molecular weight excluding hydrogens is 390 g/mol. The van der Waals surface area contributed by atoms with E-state index in [2.05, 4.69) is 16.1 Å². The summed E-state index contributed by atoms with van der Waals surface area (Å²) in [7, 11) is -4.15. The fourth-order valence-electron chi connectivity index (χ4n) is 4.35. The highest BCUT2D eigenvalue weighted by Crippen LogP contribution is 2.38. The predicted octanol–water partition coefficient (Wildman–Crippen LogP) is 2.92. The molecule has 2 N–H and O–H groups in total. The second-order valence-corrected chi connectivity index (χ2v) is 9.68. The van der Waals surface area contributed by atoms with Gasteiger partial charge in [-0.25, -0.2) is 17.9 Å². The van der Waals surface area contributed by atoms with E-state index in [-0.39, 0.29) is 10.9 Å². The van der Waals surface area contributed by atoms with Crippen LogP contribution in [0.25, 0.3) is 0 Å². The van der Waals surface area contributed by atoms with Gasteiger partial charge < -0.3 is 9.88 Å². The van der Waals surface area contributed by atoms with E-state index < -0.39 is 21.6 Å². The Balaban J connectivity index is 1.58. The molecule has 7 nitrogen and oxygen atoms in total. The molecule has 0 aliphatic heterocycles. The number of nitrogens with one attached hydrogen (secondary N) is 2. The van der Waals surface area contributed by atoms with Gasteiger partial charge in [0.05, 0.1) is 4.90 Å². The molecule has 0 spiro atoms. The number of carbonyl (C=O) groups excluding carboxylic acids is 1. The van der Waals surface area contributed by atoms with Crippen LogP contribution in [0.15, 0.2) is 34.1 Å². The number of urea groups is 1. The summed E-state index contributed by atoms with van der Waals surface area (Å²) in [6, 6.07) is 3.72. The van der Waals surface area contributed by atoms with Crippen molar-refractivity contribution in [1.82, 2.24) is 9.29 Å². The van der Waals surface area contributed by atoms with Crippen LogP contribution in [-0.2, 0) is 35.7 Å². The van der Waals surface area contributed by atoms with Gasteiger partial charge in [0.2, 0.25) is 0 Å². The number of anilines is 1. The Labute approximate surface area is 170 Å². The molecule has 0 saturated heterocycles. The SMILES string of the molecule is CC(C)n1ccc(S(=O)(=O)NC(=O)Nc2c3c(cc4c2CCC4)CCC3)cc1=O. The van der Waals surface area contributed by atoms with Crippen LogP contribution in [0, 0.1) is 0 Å². The second kappa shape index (κ2) is 7.33. The molecule has 0 saturated carbocycles. The summed E-state index contributed by atoms with van der Waals surface area (Å²) in [5.41, 5.74) is 5.09. The fraction of sp³-hybridized carbons (Fsp3) is 0.429. The average molecular weight is 416 g/mol. The number of sulfonamides is 1. The minimum Gasteiger partial charge on any atom is -0.313 e. The quantitative estimate of drug-likeness (QED) is 0.802. The van der Waals surface area contributed by atoms with Crippen LogP contribution < -0.4 is 15.6 Å². The highest BCUT2D eigenvalue weighted by molar-refractivity contribution is 7.90. The van der Waals surface area contributed by atoms with Crippen molar-refractivity contribution in [2.45, 2.75) is 63.3 Å². The summed E-state index contributed by atoms with van der Waals surface area (Å²) < 4.78 is 28.7. The lowest BCUT2D eigenvalue weighted by atomic mass is 9.99. The molecular formula is C21H25N3O4S. The number of aryl methyl sites for hydroxylation is 2. The van der Waals surface area contributed by atoms with Gasteiger partial charge in [0.1, 0.15) is 0 Å².